The monoisotopic (exact) mass is 393 g/mol. The van der Waals surface area contributed by atoms with Crippen molar-refractivity contribution in [2.24, 2.45) is 4.99 Å². The SMILES string of the molecule is O=c1[nH]c(=S)n(-c2ccc(Cl)cc2)c(O)c1C=NCC[NH+]1CCCCC1. The van der Waals surface area contributed by atoms with Crippen molar-refractivity contribution in [2.45, 2.75) is 19.3 Å². The van der Waals surface area contributed by atoms with E-state index in [2.05, 4.69) is 9.98 Å². The molecule has 0 unspecified atom stereocenters. The number of hydrogen-bond acceptors (Lipinski definition) is 4. The molecule has 1 fully saturated rings. The Balaban J connectivity index is 1.81. The van der Waals surface area contributed by atoms with Crippen LogP contribution in [0.25, 0.3) is 5.69 Å². The molecule has 1 aliphatic rings. The number of rotatable bonds is 5. The van der Waals surface area contributed by atoms with Crippen LogP contribution >= 0.6 is 23.8 Å². The summed E-state index contributed by atoms with van der Waals surface area (Å²) < 4.78 is 1.51. The van der Waals surface area contributed by atoms with Crippen molar-refractivity contribution in [3.63, 3.8) is 0 Å². The van der Waals surface area contributed by atoms with Crippen LogP contribution in [0.4, 0.5) is 0 Å². The molecule has 1 aromatic heterocycles. The molecule has 2 aromatic rings. The van der Waals surface area contributed by atoms with Gasteiger partial charge in [0.1, 0.15) is 5.56 Å². The molecule has 3 rings (SSSR count). The van der Waals surface area contributed by atoms with Gasteiger partial charge in [-0.05, 0) is 55.7 Å². The molecule has 0 bridgehead atoms. The fraction of sp³-hybridized carbons (Fsp3) is 0.389. The van der Waals surface area contributed by atoms with Crippen LogP contribution in [0.15, 0.2) is 34.1 Å². The molecule has 8 heteroatoms. The van der Waals surface area contributed by atoms with Crippen molar-refractivity contribution in [1.82, 2.24) is 9.55 Å². The highest BCUT2D eigenvalue weighted by Crippen LogP contribution is 2.20. The molecule has 0 aliphatic carbocycles. The molecule has 3 N–H and O–H groups in total. The zero-order chi connectivity index (χ0) is 18.5. The van der Waals surface area contributed by atoms with Crippen LogP contribution < -0.4 is 10.5 Å². The summed E-state index contributed by atoms with van der Waals surface area (Å²) in [6.45, 7) is 3.92. The second kappa shape index (κ2) is 8.62. The van der Waals surface area contributed by atoms with Crippen molar-refractivity contribution in [1.29, 1.82) is 0 Å². The summed E-state index contributed by atoms with van der Waals surface area (Å²) in [4.78, 5) is 20.7. The number of aromatic amines is 1. The minimum absolute atomic E-state index is 0.0993. The highest BCUT2D eigenvalue weighted by atomic mass is 35.5. The lowest BCUT2D eigenvalue weighted by molar-refractivity contribution is -0.903. The van der Waals surface area contributed by atoms with Crippen LogP contribution in [-0.2, 0) is 0 Å². The number of nitrogens with zero attached hydrogens (tertiary/aromatic N) is 2. The highest BCUT2D eigenvalue weighted by Gasteiger charge is 2.14. The maximum Gasteiger partial charge on any atom is 0.264 e. The van der Waals surface area contributed by atoms with Crippen LogP contribution in [-0.4, -0.2) is 47.1 Å². The second-order valence-corrected chi connectivity index (χ2v) is 7.23. The molecule has 26 heavy (non-hydrogen) atoms. The van der Waals surface area contributed by atoms with Crippen LogP contribution in [0.1, 0.15) is 24.8 Å². The number of quaternary nitrogens is 1. The lowest BCUT2D eigenvalue weighted by Crippen LogP contribution is -3.13. The number of nitrogens with one attached hydrogen (secondary N) is 2. The summed E-state index contributed by atoms with van der Waals surface area (Å²) in [5.74, 6) is -0.227. The second-order valence-electron chi connectivity index (χ2n) is 6.40. The van der Waals surface area contributed by atoms with Crippen molar-refractivity contribution in [2.75, 3.05) is 26.2 Å². The molecular formula is C18H22ClN4O2S+. The predicted molar refractivity (Wildman–Crippen MR) is 106 cm³/mol. The Morgan fingerprint density at radius 2 is 1.96 bits per heavy atom. The third-order valence-corrected chi connectivity index (χ3v) is 5.12. The van der Waals surface area contributed by atoms with E-state index in [4.69, 9.17) is 23.8 Å². The molecule has 1 aromatic carbocycles. The van der Waals surface area contributed by atoms with Gasteiger partial charge in [0.25, 0.3) is 5.56 Å². The van der Waals surface area contributed by atoms with Crippen LogP contribution in [0.5, 0.6) is 5.88 Å². The average Bonchev–Trinajstić information content (AvgIpc) is 2.63. The van der Waals surface area contributed by atoms with Gasteiger partial charge in [-0.2, -0.15) is 0 Å². The number of benzene rings is 1. The standard InChI is InChI=1S/C18H21ClN4O2S/c19-13-4-6-14(7-5-13)23-17(25)15(16(24)21-18(23)26)12-20-8-11-22-9-2-1-3-10-22/h4-7,12,25H,1-3,8-11H2,(H,21,24,26)/p+1. The van der Waals surface area contributed by atoms with Crippen molar-refractivity contribution in [3.8, 4) is 11.6 Å². The minimum atomic E-state index is -0.452. The first-order chi connectivity index (χ1) is 12.6. The van der Waals surface area contributed by atoms with Gasteiger partial charge in [0.05, 0.1) is 31.9 Å². The van der Waals surface area contributed by atoms with E-state index in [9.17, 15) is 9.90 Å². The zero-order valence-electron chi connectivity index (χ0n) is 14.4. The van der Waals surface area contributed by atoms with Gasteiger partial charge < -0.3 is 10.0 Å². The summed E-state index contributed by atoms with van der Waals surface area (Å²) in [5.41, 5.74) is 0.259. The maximum absolute atomic E-state index is 12.2. The molecule has 0 spiro atoms. The van der Waals surface area contributed by atoms with Crippen LogP contribution in [0.2, 0.25) is 5.02 Å². The number of halogens is 1. The quantitative estimate of drug-likeness (QED) is 0.535. The molecule has 6 nitrogen and oxygen atoms in total. The summed E-state index contributed by atoms with van der Waals surface area (Å²) in [7, 11) is 0. The summed E-state index contributed by atoms with van der Waals surface area (Å²) in [6.07, 6.45) is 5.27. The highest BCUT2D eigenvalue weighted by molar-refractivity contribution is 7.71. The van der Waals surface area contributed by atoms with Gasteiger partial charge in [-0.1, -0.05) is 11.6 Å². The van der Waals surface area contributed by atoms with Crippen molar-refractivity contribution in [3.05, 3.63) is 50.0 Å². The Labute approximate surface area is 161 Å². The molecule has 0 saturated carbocycles. The van der Waals surface area contributed by atoms with E-state index >= 15 is 0 Å². The largest absolute Gasteiger partial charge is 0.494 e. The Morgan fingerprint density at radius 3 is 2.65 bits per heavy atom. The first-order valence-electron chi connectivity index (χ1n) is 8.74. The lowest BCUT2D eigenvalue weighted by atomic mass is 10.1. The predicted octanol–water partition coefficient (Wildman–Crippen LogP) is 1.74. The van der Waals surface area contributed by atoms with Crippen molar-refractivity contribution >= 4 is 30.0 Å². The molecule has 0 radical (unpaired) electrons. The number of hydrogen-bond donors (Lipinski definition) is 3. The van der Waals surface area contributed by atoms with Gasteiger partial charge >= 0.3 is 0 Å². The normalized spacial score (nSPS) is 15.6. The van der Waals surface area contributed by atoms with Crippen LogP contribution in [0, 0.1) is 4.77 Å². The van der Waals surface area contributed by atoms with Crippen molar-refractivity contribution < 1.29 is 10.0 Å². The molecule has 138 valence electrons. The number of aromatic hydroxyl groups is 1. The molecule has 1 aliphatic heterocycles. The Hall–Kier alpha value is -1.96. The maximum atomic E-state index is 12.2. The zero-order valence-corrected chi connectivity index (χ0v) is 15.9. The lowest BCUT2D eigenvalue weighted by Gasteiger charge is -2.22. The fourth-order valence-electron chi connectivity index (χ4n) is 3.16. The average molecular weight is 394 g/mol. The minimum Gasteiger partial charge on any atom is -0.494 e. The first kappa shape index (κ1) is 18.8. The molecule has 2 heterocycles. The summed E-state index contributed by atoms with van der Waals surface area (Å²) in [5, 5.41) is 11.1. The van der Waals surface area contributed by atoms with E-state index in [1.165, 1.54) is 43.1 Å². The van der Waals surface area contributed by atoms with Gasteiger partial charge in [0.2, 0.25) is 5.88 Å². The third kappa shape index (κ3) is 4.41. The third-order valence-electron chi connectivity index (χ3n) is 4.58. The van der Waals surface area contributed by atoms with E-state index in [-0.39, 0.29) is 16.2 Å². The number of H-pyrrole nitrogens is 1. The fourth-order valence-corrected chi connectivity index (χ4v) is 3.58. The molecule has 0 amide bonds. The van der Waals surface area contributed by atoms with Gasteiger partial charge in [0, 0.05) is 11.2 Å². The van der Waals surface area contributed by atoms with E-state index in [1.807, 2.05) is 0 Å². The summed E-state index contributed by atoms with van der Waals surface area (Å²) >= 11 is 11.1. The summed E-state index contributed by atoms with van der Waals surface area (Å²) in [6, 6.07) is 6.82. The van der Waals surface area contributed by atoms with E-state index in [0.29, 0.717) is 17.3 Å². The number of likely N-dealkylation sites (tertiary alicyclic amines) is 1. The smallest absolute Gasteiger partial charge is 0.264 e. The molecular weight excluding hydrogens is 372 g/mol. The Kier molecular flexibility index (Phi) is 6.24. The number of piperidine rings is 1. The Morgan fingerprint density at radius 1 is 1.27 bits per heavy atom. The topological polar surface area (TPSA) is 74.8 Å². The van der Waals surface area contributed by atoms with Gasteiger partial charge in [-0.25, -0.2) is 0 Å². The first-order valence-corrected chi connectivity index (χ1v) is 9.52. The van der Waals surface area contributed by atoms with E-state index < -0.39 is 5.56 Å². The van der Waals surface area contributed by atoms with Crippen LogP contribution in [0.3, 0.4) is 0 Å². The molecule has 1 saturated heterocycles. The van der Waals surface area contributed by atoms with Gasteiger partial charge in [-0.3, -0.25) is 19.3 Å². The van der Waals surface area contributed by atoms with Gasteiger partial charge in [-0.15, -0.1) is 0 Å². The molecule has 0 atom stereocenters. The number of aromatic nitrogens is 2. The number of aliphatic imine (C=N–C) groups is 1. The van der Waals surface area contributed by atoms with E-state index in [1.54, 1.807) is 29.2 Å². The van der Waals surface area contributed by atoms with Gasteiger partial charge in [0.15, 0.2) is 4.77 Å². The van der Waals surface area contributed by atoms with E-state index in [0.717, 1.165) is 6.54 Å². The Bertz CT molecular complexity index is 899.